The molecule has 23 heavy (non-hydrogen) atoms. The van der Waals surface area contributed by atoms with Crippen LogP contribution < -0.4 is 10.2 Å². The molecule has 0 aliphatic heterocycles. The Kier molecular flexibility index (Phi) is 5.29. The molecule has 0 saturated carbocycles. The van der Waals surface area contributed by atoms with E-state index in [2.05, 4.69) is 10.3 Å². The van der Waals surface area contributed by atoms with Gasteiger partial charge in [0.2, 0.25) is 0 Å². The summed E-state index contributed by atoms with van der Waals surface area (Å²) in [5.41, 5.74) is 0.664. The van der Waals surface area contributed by atoms with Crippen LogP contribution in [0.1, 0.15) is 16.8 Å². The number of carbonyl (C=O) groups excluding carboxylic acids is 1. The number of rotatable bonds is 7. The number of nitro benzene ring substituents is 1. The van der Waals surface area contributed by atoms with Gasteiger partial charge in [0.15, 0.2) is 0 Å². The monoisotopic (exact) mass is 317 g/mol. The van der Waals surface area contributed by atoms with E-state index in [9.17, 15) is 14.9 Å². The molecule has 1 N–H and O–H groups in total. The number of carbonyl (C=O) groups is 1. The van der Waals surface area contributed by atoms with Crippen LogP contribution in [0.2, 0.25) is 0 Å². The maximum Gasteiger partial charge on any atom is 0.293 e. The number of amides is 1. The van der Waals surface area contributed by atoms with Gasteiger partial charge in [-0.25, -0.2) is 4.98 Å². The maximum absolute atomic E-state index is 12.1. The summed E-state index contributed by atoms with van der Waals surface area (Å²) in [6.45, 7) is 1.24. The molecule has 2 rings (SSSR count). The van der Waals surface area contributed by atoms with Crippen molar-refractivity contribution < 1.29 is 9.72 Å². The zero-order chi connectivity index (χ0) is 16.8. The van der Waals surface area contributed by atoms with Crippen LogP contribution in [0.5, 0.6) is 0 Å². The first-order valence-electron chi connectivity index (χ1n) is 7.18. The van der Waals surface area contributed by atoms with Crippen molar-refractivity contribution in [3.63, 3.8) is 0 Å². The number of nitrogens with one attached hydrogen (secondary N) is 1. The van der Waals surface area contributed by atoms with Crippen molar-refractivity contribution in [2.45, 2.75) is 13.0 Å². The lowest BCUT2D eigenvalue weighted by Crippen LogP contribution is -2.25. The molecular formula is C15H19N5O3. The normalized spacial score (nSPS) is 10.3. The summed E-state index contributed by atoms with van der Waals surface area (Å²) >= 11 is 0. The Labute approximate surface area is 133 Å². The van der Waals surface area contributed by atoms with E-state index in [1.807, 2.05) is 10.8 Å². The molecule has 0 aliphatic rings. The van der Waals surface area contributed by atoms with E-state index in [0.717, 1.165) is 13.0 Å². The van der Waals surface area contributed by atoms with E-state index in [4.69, 9.17) is 0 Å². The standard InChI is InChI=1S/C15H19N5O3/c1-18(2)13-5-4-12(10-14(13)20(22)23)15(21)17-6-3-8-19-9-7-16-11-19/h4-5,7,9-11H,3,6,8H2,1-2H3,(H,17,21). The van der Waals surface area contributed by atoms with E-state index >= 15 is 0 Å². The third kappa shape index (κ3) is 4.29. The molecule has 0 unspecified atom stereocenters. The van der Waals surface area contributed by atoms with E-state index in [0.29, 0.717) is 12.2 Å². The Morgan fingerprint density at radius 3 is 2.83 bits per heavy atom. The van der Waals surface area contributed by atoms with Gasteiger partial charge in [0.1, 0.15) is 5.69 Å². The second kappa shape index (κ2) is 7.39. The highest BCUT2D eigenvalue weighted by molar-refractivity contribution is 5.95. The Hall–Kier alpha value is -2.90. The molecular weight excluding hydrogens is 298 g/mol. The van der Waals surface area contributed by atoms with Gasteiger partial charge in [0.25, 0.3) is 11.6 Å². The minimum absolute atomic E-state index is 0.0823. The molecule has 0 fully saturated rings. The lowest BCUT2D eigenvalue weighted by Gasteiger charge is -2.13. The number of imidazole rings is 1. The predicted molar refractivity (Wildman–Crippen MR) is 86.6 cm³/mol. The topological polar surface area (TPSA) is 93.3 Å². The molecule has 0 saturated heterocycles. The Bertz CT molecular complexity index is 682. The maximum atomic E-state index is 12.1. The molecule has 0 bridgehead atoms. The lowest BCUT2D eigenvalue weighted by atomic mass is 10.1. The fourth-order valence-electron chi connectivity index (χ4n) is 2.17. The highest BCUT2D eigenvalue weighted by Crippen LogP contribution is 2.27. The van der Waals surface area contributed by atoms with Crippen LogP contribution in [0.3, 0.4) is 0 Å². The van der Waals surface area contributed by atoms with Gasteiger partial charge in [-0.3, -0.25) is 14.9 Å². The molecule has 0 spiro atoms. The number of aromatic nitrogens is 2. The van der Waals surface area contributed by atoms with E-state index in [-0.39, 0.29) is 17.2 Å². The Morgan fingerprint density at radius 2 is 2.22 bits per heavy atom. The van der Waals surface area contributed by atoms with Gasteiger partial charge < -0.3 is 14.8 Å². The van der Waals surface area contributed by atoms with Crippen molar-refractivity contribution >= 4 is 17.3 Å². The molecule has 1 amide bonds. The Morgan fingerprint density at radius 1 is 1.43 bits per heavy atom. The zero-order valence-corrected chi connectivity index (χ0v) is 13.1. The summed E-state index contributed by atoms with van der Waals surface area (Å²) in [5, 5.41) is 13.9. The van der Waals surface area contributed by atoms with Gasteiger partial charge >= 0.3 is 0 Å². The fourth-order valence-corrected chi connectivity index (χ4v) is 2.17. The van der Waals surface area contributed by atoms with Gasteiger partial charge in [0, 0.05) is 51.2 Å². The second-order valence-electron chi connectivity index (χ2n) is 5.26. The summed E-state index contributed by atoms with van der Waals surface area (Å²) in [7, 11) is 3.44. The zero-order valence-electron chi connectivity index (χ0n) is 13.1. The van der Waals surface area contributed by atoms with Gasteiger partial charge in [-0.05, 0) is 18.6 Å². The van der Waals surface area contributed by atoms with Crippen LogP contribution in [0.4, 0.5) is 11.4 Å². The summed E-state index contributed by atoms with van der Waals surface area (Å²) in [5.74, 6) is -0.316. The molecule has 0 radical (unpaired) electrons. The van der Waals surface area contributed by atoms with Crippen LogP contribution in [-0.4, -0.2) is 41.0 Å². The van der Waals surface area contributed by atoms with E-state index in [1.54, 1.807) is 43.7 Å². The highest BCUT2D eigenvalue weighted by atomic mass is 16.6. The van der Waals surface area contributed by atoms with Crippen LogP contribution in [-0.2, 0) is 6.54 Å². The van der Waals surface area contributed by atoms with Crippen LogP contribution >= 0.6 is 0 Å². The predicted octanol–water partition coefficient (Wildman–Crippen LogP) is 1.68. The third-order valence-corrected chi connectivity index (χ3v) is 3.35. The minimum Gasteiger partial charge on any atom is -0.372 e. The lowest BCUT2D eigenvalue weighted by molar-refractivity contribution is -0.384. The molecule has 0 atom stereocenters. The van der Waals surface area contributed by atoms with Gasteiger partial charge in [-0.2, -0.15) is 0 Å². The van der Waals surface area contributed by atoms with Gasteiger partial charge in [0.05, 0.1) is 11.3 Å². The van der Waals surface area contributed by atoms with Crippen molar-refractivity contribution in [1.82, 2.24) is 14.9 Å². The number of aryl methyl sites for hydroxylation is 1. The summed E-state index contributed by atoms with van der Waals surface area (Å²) in [6.07, 6.45) is 6.01. The molecule has 1 aromatic heterocycles. The average Bonchev–Trinajstić information content (AvgIpc) is 3.03. The first-order chi connectivity index (χ1) is 11.0. The van der Waals surface area contributed by atoms with Crippen molar-refractivity contribution in [3.05, 3.63) is 52.6 Å². The number of hydrogen-bond acceptors (Lipinski definition) is 5. The van der Waals surface area contributed by atoms with E-state index in [1.165, 1.54) is 6.07 Å². The summed E-state index contributed by atoms with van der Waals surface area (Å²) in [6, 6.07) is 4.48. The smallest absolute Gasteiger partial charge is 0.293 e. The molecule has 8 heteroatoms. The van der Waals surface area contributed by atoms with Crippen molar-refractivity contribution in [3.8, 4) is 0 Å². The molecule has 1 heterocycles. The summed E-state index contributed by atoms with van der Waals surface area (Å²) in [4.78, 5) is 28.3. The first kappa shape index (κ1) is 16.5. The number of nitrogens with zero attached hydrogens (tertiary/aromatic N) is 4. The largest absolute Gasteiger partial charge is 0.372 e. The number of hydrogen-bond donors (Lipinski definition) is 1. The molecule has 0 aliphatic carbocycles. The van der Waals surface area contributed by atoms with Gasteiger partial charge in [-0.1, -0.05) is 0 Å². The number of nitro groups is 1. The molecule has 2 aromatic rings. The molecule has 8 nitrogen and oxygen atoms in total. The van der Waals surface area contributed by atoms with Crippen LogP contribution in [0, 0.1) is 10.1 Å². The van der Waals surface area contributed by atoms with Crippen LogP contribution in [0.25, 0.3) is 0 Å². The number of benzene rings is 1. The average molecular weight is 317 g/mol. The fraction of sp³-hybridized carbons (Fsp3) is 0.333. The Balaban J connectivity index is 1.96. The SMILES string of the molecule is CN(C)c1ccc(C(=O)NCCCn2ccnc2)cc1[N+](=O)[O-]. The van der Waals surface area contributed by atoms with Crippen molar-refractivity contribution in [1.29, 1.82) is 0 Å². The van der Waals surface area contributed by atoms with Crippen molar-refractivity contribution in [2.75, 3.05) is 25.5 Å². The highest BCUT2D eigenvalue weighted by Gasteiger charge is 2.18. The second-order valence-corrected chi connectivity index (χ2v) is 5.26. The van der Waals surface area contributed by atoms with E-state index < -0.39 is 4.92 Å². The van der Waals surface area contributed by atoms with Gasteiger partial charge in [-0.15, -0.1) is 0 Å². The van der Waals surface area contributed by atoms with Crippen molar-refractivity contribution in [2.24, 2.45) is 0 Å². The third-order valence-electron chi connectivity index (χ3n) is 3.35. The quantitative estimate of drug-likeness (QED) is 0.476. The van der Waals surface area contributed by atoms with Crippen LogP contribution in [0.15, 0.2) is 36.9 Å². The molecule has 1 aromatic carbocycles. The minimum atomic E-state index is -0.481. The first-order valence-corrected chi connectivity index (χ1v) is 7.18. The summed E-state index contributed by atoms with van der Waals surface area (Å²) < 4.78 is 1.92. The number of anilines is 1. The molecule has 122 valence electrons.